The van der Waals surface area contributed by atoms with E-state index in [2.05, 4.69) is 24.4 Å². The van der Waals surface area contributed by atoms with Gasteiger partial charge in [-0.15, -0.1) is 0 Å². The molecule has 3 rings (SSSR count). The number of piperidine rings is 1. The molecule has 2 aromatic rings. The van der Waals surface area contributed by atoms with E-state index in [4.69, 9.17) is 6.57 Å². The predicted octanol–water partition coefficient (Wildman–Crippen LogP) is 2.39. The van der Waals surface area contributed by atoms with Crippen molar-refractivity contribution in [1.82, 2.24) is 14.7 Å². The van der Waals surface area contributed by atoms with Crippen molar-refractivity contribution in [2.45, 2.75) is 19.8 Å². The molecule has 7 nitrogen and oxygen atoms in total. The van der Waals surface area contributed by atoms with Crippen molar-refractivity contribution in [2.24, 2.45) is 5.92 Å². The van der Waals surface area contributed by atoms with Crippen LogP contribution in [0.15, 0.2) is 12.1 Å². The van der Waals surface area contributed by atoms with E-state index in [0.29, 0.717) is 35.6 Å². The number of nitrogens with zero attached hydrogens (tertiary/aromatic N) is 4. The minimum absolute atomic E-state index is 0.0569. The van der Waals surface area contributed by atoms with Gasteiger partial charge in [-0.1, -0.05) is 0 Å². The maximum absolute atomic E-state index is 13.9. The van der Waals surface area contributed by atoms with Gasteiger partial charge in [0, 0.05) is 25.0 Å². The average molecular weight is 377 g/mol. The summed E-state index contributed by atoms with van der Waals surface area (Å²) in [7, 11) is -3.23. The predicted molar refractivity (Wildman–Crippen MR) is 98.3 cm³/mol. The fourth-order valence-corrected chi connectivity index (χ4v) is 3.79. The van der Waals surface area contributed by atoms with Crippen LogP contribution in [0.5, 0.6) is 0 Å². The lowest BCUT2D eigenvalue weighted by atomic mass is 9.98. The van der Waals surface area contributed by atoms with Gasteiger partial charge in [0.05, 0.1) is 18.3 Å². The van der Waals surface area contributed by atoms with Crippen molar-refractivity contribution in [3.05, 3.63) is 35.2 Å². The maximum atomic E-state index is 13.9. The summed E-state index contributed by atoms with van der Waals surface area (Å²) in [6, 6.07) is 2.76. The Labute approximate surface area is 152 Å². The van der Waals surface area contributed by atoms with E-state index >= 15 is 0 Å². The number of hydrogen-bond acceptors (Lipinski definition) is 5. The molecule has 0 bridgehead atoms. The topological polar surface area (TPSA) is 79.5 Å². The lowest BCUT2D eigenvalue weighted by molar-refractivity contribution is 0.410. The van der Waals surface area contributed by atoms with Crippen molar-refractivity contribution >= 4 is 32.4 Å². The Balaban J connectivity index is 1.95. The number of aryl methyl sites for hydroxylation is 1. The van der Waals surface area contributed by atoms with Crippen molar-refractivity contribution in [3.8, 4) is 0 Å². The molecule has 1 saturated heterocycles. The van der Waals surface area contributed by atoms with Gasteiger partial charge in [-0.05, 0) is 37.8 Å². The van der Waals surface area contributed by atoms with Gasteiger partial charge in [0.1, 0.15) is 17.5 Å². The standard InChI is InChI=1S/C17H20FN5O2S/c1-11-21-15-8-14(18)16(19-2)7-13(15)17(22-11)23-6-4-5-12(10-23)9-20-26(3,24)25/h7-8,12,20H,4-6,9-10H2,1,3H3. The summed E-state index contributed by atoms with van der Waals surface area (Å²) >= 11 is 0. The number of rotatable bonds is 4. The zero-order chi connectivity index (χ0) is 18.9. The molecular weight excluding hydrogens is 357 g/mol. The lowest BCUT2D eigenvalue weighted by Crippen LogP contribution is -2.41. The normalized spacial score (nSPS) is 18.1. The van der Waals surface area contributed by atoms with Gasteiger partial charge in [-0.2, -0.15) is 0 Å². The summed E-state index contributed by atoms with van der Waals surface area (Å²) in [5, 5.41) is 0.639. The molecule has 0 radical (unpaired) electrons. The molecule has 1 N–H and O–H groups in total. The van der Waals surface area contributed by atoms with Gasteiger partial charge in [-0.25, -0.2) is 32.3 Å². The molecule has 1 aromatic carbocycles. The maximum Gasteiger partial charge on any atom is 0.222 e. The minimum Gasteiger partial charge on any atom is -0.356 e. The zero-order valence-corrected chi connectivity index (χ0v) is 15.5. The molecule has 0 amide bonds. The van der Waals surface area contributed by atoms with E-state index in [-0.39, 0.29) is 11.6 Å². The summed E-state index contributed by atoms with van der Waals surface area (Å²) in [4.78, 5) is 14.1. The Morgan fingerprint density at radius 3 is 2.88 bits per heavy atom. The molecule has 0 spiro atoms. The number of fused-ring (bicyclic) bond motifs is 1. The Kier molecular flexibility index (Phi) is 5.07. The molecule has 1 aliphatic rings. The second kappa shape index (κ2) is 7.13. The molecule has 1 aliphatic heterocycles. The van der Waals surface area contributed by atoms with Gasteiger partial charge >= 0.3 is 0 Å². The fraction of sp³-hybridized carbons (Fsp3) is 0.471. The number of benzene rings is 1. The first kappa shape index (κ1) is 18.5. The van der Waals surface area contributed by atoms with Gasteiger partial charge in [0.25, 0.3) is 0 Å². The number of halogens is 1. The van der Waals surface area contributed by atoms with Crippen LogP contribution in [-0.4, -0.2) is 44.3 Å². The largest absolute Gasteiger partial charge is 0.356 e. The summed E-state index contributed by atoms with van der Waals surface area (Å²) in [6.45, 7) is 10.7. The third-order valence-corrected chi connectivity index (χ3v) is 5.12. The quantitative estimate of drug-likeness (QED) is 0.828. The minimum atomic E-state index is -3.23. The van der Waals surface area contributed by atoms with E-state index in [1.54, 1.807) is 6.92 Å². The molecule has 138 valence electrons. The first-order chi connectivity index (χ1) is 12.3. The number of anilines is 1. The molecule has 9 heteroatoms. The smallest absolute Gasteiger partial charge is 0.222 e. The number of sulfonamides is 1. The monoisotopic (exact) mass is 377 g/mol. The summed E-state index contributed by atoms with van der Waals surface area (Å²) in [5.41, 5.74) is 0.410. The van der Waals surface area contributed by atoms with Crippen molar-refractivity contribution in [1.29, 1.82) is 0 Å². The SMILES string of the molecule is [C-]#[N+]c1cc2c(N3CCCC(CNS(C)(=O)=O)C3)nc(C)nc2cc1F. The third-order valence-electron chi connectivity index (χ3n) is 4.43. The Morgan fingerprint density at radius 1 is 1.42 bits per heavy atom. The van der Waals surface area contributed by atoms with Crippen LogP contribution in [-0.2, 0) is 10.0 Å². The Bertz CT molecular complexity index is 987. The molecule has 1 fully saturated rings. The first-order valence-electron chi connectivity index (χ1n) is 8.32. The summed E-state index contributed by atoms with van der Waals surface area (Å²) in [6.07, 6.45) is 2.97. The van der Waals surface area contributed by atoms with Crippen molar-refractivity contribution in [3.63, 3.8) is 0 Å². The summed E-state index contributed by atoms with van der Waals surface area (Å²) < 4.78 is 39.2. The number of aromatic nitrogens is 2. The zero-order valence-electron chi connectivity index (χ0n) is 14.7. The second-order valence-corrected chi connectivity index (χ2v) is 8.43. The van der Waals surface area contributed by atoms with E-state index in [0.717, 1.165) is 25.6 Å². The van der Waals surface area contributed by atoms with Crippen LogP contribution in [0.2, 0.25) is 0 Å². The van der Waals surface area contributed by atoms with Crippen LogP contribution in [0.1, 0.15) is 18.7 Å². The van der Waals surface area contributed by atoms with Crippen molar-refractivity contribution in [2.75, 3.05) is 30.8 Å². The molecular formula is C17H20FN5O2S. The van der Waals surface area contributed by atoms with Gasteiger partial charge in [0.2, 0.25) is 15.7 Å². The van der Waals surface area contributed by atoms with Crippen molar-refractivity contribution < 1.29 is 12.8 Å². The molecule has 0 aliphatic carbocycles. The van der Waals surface area contributed by atoms with Crippen LogP contribution in [0.25, 0.3) is 15.7 Å². The average Bonchev–Trinajstić information content (AvgIpc) is 2.58. The second-order valence-electron chi connectivity index (χ2n) is 6.60. The molecule has 1 unspecified atom stereocenters. The molecule has 2 heterocycles. The highest BCUT2D eigenvalue weighted by atomic mass is 32.2. The van der Waals surface area contributed by atoms with Gasteiger partial charge in [-0.3, -0.25) is 0 Å². The highest BCUT2D eigenvalue weighted by Crippen LogP contribution is 2.32. The Morgan fingerprint density at radius 2 is 2.19 bits per heavy atom. The number of hydrogen-bond donors (Lipinski definition) is 1. The molecule has 26 heavy (non-hydrogen) atoms. The third kappa shape index (κ3) is 4.08. The van der Waals surface area contributed by atoms with E-state index in [1.807, 2.05) is 0 Å². The van der Waals surface area contributed by atoms with Gasteiger partial charge in [0.15, 0.2) is 0 Å². The van der Waals surface area contributed by atoms with Crippen LogP contribution in [0.4, 0.5) is 15.9 Å². The van der Waals surface area contributed by atoms with Crippen LogP contribution in [0, 0.1) is 25.2 Å². The Hall–Kier alpha value is -2.31. The first-order valence-corrected chi connectivity index (χ1v) is 10.2. The molecule has 1 atom stereocenters. The molecule has 1 aromatic heterocycles. The lowest BCUT2D eigenvalue weighted by Gasteiger charge is -2.34. The number of nitrogens with one attached hydrogen (secondary N) is 1. The van der Waals surface area contributed by atoms with Gasteiger partial charge < -0.3 is 4.90 Å². The van der Waals surface area contributed by atoms with E-state index in [1.165, 1.54) is 12.1 Å². The van der Waals surface area contributed by atoms with E-state index < -0.39 is 15.8 Å². The van der Waals surface area contributed by atoms with Crippen LogP contribution >= 0.6 is 0 Å². The van der Waals surface area contributed by atoms with E-state index in [9.17, 15) is 12.8 Å². The highest BCUT2D eigenvalue weighted by molar-refractivity contribution is 7.88. The van der Waals surface area contributed by atoms with Crippen LogP contribution in [0.3, 0.4) is 0 Å². The fourth-order valence-electron chi connectivity index (χ4n) is 3.26. The summed E-state index contributed by atoms with van der Waals surface area (Å²) in [5.74, 6) is 0.760. The highest BCUT2D eigenvalue weighted by Gasteiger charge is 2.24. The van der Waals surface area contributed by atoms with Crippen LogP contribution < -0.4 is 9.62 Å². The molecule has 0 saturated carbocycles.